The third-order valence-corrected chi connectivity index (χ3v) is 4.48. The summed E-state index contributed by atoms with van der Waals surface area (Å²) in [6.45, 7) is -0.221. The topological polar surface area (TPSA) is 83.9 Å². The second kappa shape index (κ2) is 7.88. The highest BCUT2D eigenvalue weighted by Gasteiger charge is 2.36. The van der Waals surface area contributed by atoms with Crippen LogP contribution in [0.3, 0.4) is 0 Å². The van der Waals surface area contributed by atoms with Gasteiger partial charge in [-0.25, -0.2) is 0 Å². The summed E-state index contributed by atoms with van der Waals surface area (Å²) in [5.41, 5.74) is 1.73. The number of imide groups is 1. The molecule has 0 unspecified atom stereocenters. The van der Waals surface area contributed by atoms with Crippen LogP contribution in [-0.4, -0.2) is 33.7 Å². The fourth-order valence-electron chi connectivity index (χ4n) is 2.36. The van der Waals surface area contributed by atoms with E-state index in [0.29, 0.717) is 22.8 Å². The summed E-state index contributed by atoms with van der Waals surface area (Å²) in [6.07, 6.45) is 1.56. The van der Waals surface area contributed by atoms with Gasteiger partial charge in [-0.1, -0.05) is 42.5 Å². The summed E-state index contributed by atoms with van der Waals surface area (Å²) >= 11 is 0.729. The molecule has 2 aromatic rings. The van der Waals surface area contributed by atoms with Crippen molar-refractivity contribution in [2.45, 2.75) is 6.61 Å². The predicted octanol–water partition coefficient (Wildman–Crippen LogP) is 3.39. The fraction of sp³-hybridized carbons (Fsp3) is 0.105. The van der Waals surface area contributed by atoms with E-state index >= 15 is 0 Å². The van der Waals surface area contributed by atoms with Gasteiger partial charge in [0.25, 0.3) is 11.1 Å². The number of hydrogen-bond donors (Lipinski definition) is 1. The molecule has 1 fully saturated rings. The Kier molecular flexibility index (Phi) is 5.38. The van der Waals surface area contributed by atoms with E-state index in [-0.39, 0.29) is 4.91 Å². The molecule has 1 aliphatic heterocycles. The number of carboxylic acid groups (broad SMARTS) is 1. The average molecular weight is 369 g/mol. The Bertz CT molecular complexity index is 879. The van der Waals surface area contributed by atoms with Crippen molar-refractivity contribution in [2.24, 2.45) is 0 Å². The average Bonchev–Trinajstić information content (AvgIpc) is 2.88. The zero-order chi connectivity index (χ0) is 18.5. The molecule has 6 nitrogen and oxygen atoms in total. The van der Waals surface area contributed by atoms with E-state index in [2.05, 4.69) is 0 Å². The molecule has 0 aromatic heterocycles. The number of carboxylic acids is 1. The SMILES string of the molecule is O=C(O)CN1C(=O)S/C(=C\c2cccc(OCc3ccccc3)c2)C1=O. The van der Waals surface area contributed by atoms with Crippen molar-refractivity contribution < 1.29 is 24.2 Å². The van der Waals surface area contributed by atoms with Crippen molar-refractivity contribution in [3.05, 3.63) is 70.6 Å². The predicted molar refractivity (Wildman–Crippen MR) is 97.5 cm³/mol. The van der Waals surface area contributed by atoms with Gasteiger partial charge < -0.3 is 9.84 Å². The lowest BCUT2D eigenvalue weighted by Crippen LogP contribution is -2.33. The van der Waals surface area contributed by atoms with E-state index in [4.69, 9.17) is 9.84 Å². The van der Waals surface area contributed by atoms with Crippen molar-refractivity contribution in [1.29, 1.82) is 0 Å². The van der Waals surface area contributed by atoms with E-state index in [1.165, 1.54) is 0 Å². The van der Waals surface area contributed by atoms with Crippen molar-refractivity contribution >= 4 is 35.0 Å². The Balaban J connectivity index is 1.72. The van der Waals surface area contributed by atoms with Crippen LogP contribution in [0, 0.1) is 0 Å². The number of amides is 2. The number of aliphatic carboxylic acids is 1. The molecule has 1 saturated heterocycles. The number of rotatable bonds is 6. The number of benzene rings is 2. The summed E-state index contributed by atoms with van der Waals surface area (Å²) < 4.78 is 5.74. The van der Waals surface area contributed by atoms with Gasteiger partial charge in [-0.3, -0.25) is 19.3 Å². The first-order valence-electron chi connectivity index (χ1n) is 7.77. The van der Waals surface area contributed by atoms with Crippen molar-refractivity contribution in [2.75, 3.05) is 6.54 Å². The Morgan fingerprint density at radius 2 is 1.88 bits per heavy atom. The molecular formula is C19H15NO5S. The highest BCUT2D eigenvalue weighted by molar-refractivity contribution is 8.18. The lowest BCUT2D eigenvalue weighted by molar-refractivity contribution is -0.140. The first kappa shape index (κ1) is 17.8. The molecule has 0 aliphatic carbocycles. The van der Waals surface area contributed by atoms with Crippen molar-refractivity contribution in [3.63, 3.8) is 0 Å². The maximum Gasteiger partial charge on any atom is 0.323 e. The number of carbonyl (C=O) groups is 3. The smallest absolute Gasteiger partial charge is 0.323 e. The molecule has 1 heterocycles. The zero-order valence-electron chi connectivity index (χ0n) is 13.6. The molecule has 0 atom stereocenters. The van der Waals surface area contributed by atoms with Crippen LogP contribution in [0.25, 0.3) is 6.08 Å². The van der Waals surface area contributed by atoms with Crippen LogP contribution in [0.15, 0.2) is 59.5 Å². The van der Waals surface area contributed by atoms with Gasteiger partial charge in [0.1, 0.15) is 18.9 Å². The van der Waals surface area contributed by atoms with Crippen LogP contribution in [0.4, 0.5) is 4.79 Å². The van der Waals surface area contributed by atoms with Gasteiger partial charge in [-0.05, 0) is 41.1 Å². The third kappa shape index (κ3) is 4.31. The van der Waals surface area contributed by atoms with E-state index in [1.54, 1.807) is 30.3 Å². The lowest BCUT2D eigenvalue weighted by Gasteiger charge is -2.08. The number of carbonyl (C=O) groups excluding carboxylic acids is 2. The highest BCUT2D eigenvalue weighted by Crippen LogP contribution is 2.32. The minimum Gasteiger partial charge on any atom is -0.489 e. The maximum absolute atomic E-state index is 12.2. The summed E-state index contributed by atoms with van der Waals surface area (Å²) in [5, 5.41) is 8.20. The van der Waals surface area contributed by atoms with E-state index in [1.807, 2.05) is 30.3 Å². The van der Waals surface area contributed by atoms with Crippen LogP contribution in [0.2, 0.25) is 0 Å². The molecule has 3 rings (SSSR count). The van der Waals surface area contributed by atoms with Gasteiger partial charge in [-0.2, -0.15) is 0 Å². The van der Waals surface area contributed by atoms with E-state index in [9.17, 15) is 14.4 Å². The molecule has 132 valence electrons. The Hall–Kier alpha value is -3.06. The van der Waals surface area contributed by atoms with Crippen LogP contribution in [0.5, 0.6) is 5.75 Å². The highest BCUT2D eigenvalue weighted by atomic mass is 32.2. The first-order chi connectivity index (χ1) is 12.5. The quantitative estimate of drug-likeness (QED) is 0.786. The molecule has 2 amide bonds. The summed E-state index contributed by atoms with van der Waals surface area (Å²) in [7, 11) is 0. The first-order valence-corrected chi connectivity index (χ1v) is 8.58. The van der Waals surface area contributed by atoms with Gasteiger partial charge in [0.05, 0.1) is 4.91 Å². The third-order valence-electron chi connectivity index (χ3n) is 3.57. The fourth-order valence-corrected chi connectivity index (χ4v) is 3.20. The van der Waals surface area contributed by atoms with Gasteiger partial charge in [0, 0.05) is 0 Å². The van der Waals surface area contributed by atoms with Gasteiger partial charge >= 0.3 is 5.97 Å². The van der Waals surface area contributed by atoms with E-state index in [0.717, 1.165) is 17.3 Å². The minimum absolute atomic E-state index is 0.191. The second-order valence-electron chi connectivity index (χ2n) is 5.51. The molecule has 26 heavy (non-hydrogen) atoms. The number of nitrogens with zero attached hydrogens (tertiary/aromatic N) is 1. The van der Waals surface area contributed by atoms with Gasteiger partial charge in [0.2, 0.25) is 0 Å². The van der Waals surface area contributed by atoms with Crippen molar-refractivity contribution in [1.82, 2.24) is 4.90 Å². The van der Waals surface area contributed by atoms with Crippen LogP contribution >= 0.6 is 11.8 Å². The Labute approximate surface area is 154 Å². The number of ether oxygens (including phenoxy) is 1. The molecule has 0 saturated carbocycles. The molecule has 1 aliphatic rings. The standard InChI is InChI=1S/C19H15NO5S/c21-17(22)11-20-18(23)16(26-19(20)24)10-14-7-4-8-15(9-14)25-12-13-5-2-1-3-6-13/h1-10H,11-12H2,(H,21,22)/b16-10-. The number of hydrogen-bond acceptors (Lipinski definition) is 5. The monoisotopic (exact) mass is 369 g/mol. The van der Waals surface area contributed by atoms with Gasteiger partial charge in [-0.15, -0.1) is 0 Å². The molecular weight excluding hydrogens is 354 g/mol. The molecule has 7 heteroatoms. The summed E-state index contributed by atoms with van der Waals surface area (Å²) in [4.78, 5) is 35.6. The largest absolute Gasteiger partial charge is 0.489 e. The van der Waals surface area contributed by atoms with E-state index < -0.39 is 23.7 Å². The summed E-state index contributed by atoms with van der Waals surface area (Å²) in [6, 6.07) is 16.8. The maximum atomic E-state index is 12.2. The summed E-state index contributed by atoms with van der Waals surface area (Å²) in [5.74, 6) is -1.20. The Morgan fingerprint density at radius 3 is 2.62 bits per heavy atom. The van der Waals surface area contributed by atoms with Crippen LogP contribution in [0.1, 0.15) is 11.1 Å². The molecule has 1 N–H and O–H groups in total. The van der Waals surface area contributed by atoms with Crippen LogP contribution in [-0.2, 0) is 16.2 Å². The Morgan fingerprint density at radius 1 is 1.12 bits per heavy atom. The molecule has 2 aromatic carbocycles. The van der Waals surface area contributed by atoms with Crippen LogP contribution < -0.4 is 4.74 Å². The normalized spacial score (nSPS) is 15.5. The zero-order valence-corrected chi connectivity index (χ0v) is 14.4. The molecule has 0 spiro atoms. The van der Waals surface area contributed by atoms with Crippen molar-refractivity contribution in [3.8, 4) is 5.75 Å². The lowest BCUT2D eigenvalue weighted by atomic mass is 10.2. The second-order valence-corrected chi connectivity index (χ2v) is 6.50. The number of thioether (sulfide) groups is 1. The molecule has 0 radical (unpaired) electrons. The molecule has 0 bridgehead atoms. The van der Waals surface area contributed by atoms with Gasteiger partial charge in [0.15, 0.2) is 0 Å². The minimum atomic E-state index is -1.23.